The summed E-state index contributed by atoms with van der Waals surface area (Å²) in [5.74, 6) is 0. The Morgan fingerprint density at radius 2 is 1.40 bits per heavy atom. The smallest absolute Gasteiger partial charge is 0.210 e. The average Bonchev–Trinajstić information content (AvgIpc) is 1.89. The number of hydrogen-bond donors (Lipinski definition) is 0. The third kappa shape index (κ3) is 24.2. The van der Waals surface area contributed by atoms with E-state index < -0.39 is 12.4 Å². The normalized spacial score (nSPS) is 7.00. The monoisotopic (exact) mass is 212 g/mol. The molecule has 0 aliphatic rings. The van der Waals surface area contributed by atoms with Crippen molar-refractivity contribution in [1.29, 1.82) is 0 Å². The van der Waals surface area contributed by atoms with Crippen LogP contribution in [0.3, 0.4) is 0 Å². The second-order valence-electron chi connectivity index (χ2n) is 0.798. The number of halogens is 6. The van der Waals surface area contributed by atoms with E-state index in [1.165, 1.54) is 0 Å². The molecular formula is C4H2Cl3F3. The van der Waals surface area contributed by atoms with Crippen LogP contribution in [0.5, 0.6) is 0 Å². The molecule has 0 aliphatic carbocycles. The molecule has 0 spiro atoms. The van der Waals surface area contributed by atoms with Crippen LogP contribution in [0.4, 0.5) is 13.2 Å². The molecule has 0 bridgehead atoms. The van der Waals surface area contributed by atoms with Crippen LogP contribution in [0, 0.1) is 0 Å². The Morgan fingerprint density at radius 1 is 1.20 bits per heavy atom. The minimum Gasteiger partial charge on any atom is -0.210 e. The van der Waals surface area contributed by atoms with Crippen LogP contribution in [-0.2, 0) is 0 Å². The van der Waals surface area contributed by atoms with E-state index in [9.17, 15) is 13.2 Å². The summed E-state index contributed by atoms with van der Waals surface area (Å²) in [5.41, 5.74) is 1.09. The lowest BCUT2D eigenvalue weighted by Crippen LogP contribution is -1.42. The molecule has 60 valence electrons. The third-order valence-electron chi connectivity index (χ3n) is 0.165. The molecule has 0 atom stereocenters. The van der Waals surface area contributed by atoms with E-state index in [-0.39, 0.29) is 4.49 Å². The molecule has 0 aromatic carbocycles. The summed E-state index contributed by atoms with van der Waals surface area (Å²) in [4.78, 5) is 0. The molecule has 0 saturated heterocycles. The van der Waals surface area contributed by atoms with Crippen molar-refractivity contribution in [2.45, 2.75) is 0 Å². The Morgan fingerprint density at radius 3 is 1.40 bits per heavy atom. The van der Waals surface area contributed by atoms with Crippen LogP contribution in [0.25, 0.3) is 0 Å². The molecule has 0 aromatic rings. The minimum atomic E-state index is -2.29. The summed E-state index contributed by atoms with van der Waals surface area (Å²) in [6.07, 6.45) is -3.04. The molecule has 6 heteroatoms. The highest BCUT2D eigenvalue weighted by Crippen LogP contribution is 2.05. The Balaban J connectivity index is 0. The molecule has 0 unspecified atom stereocenters. The van der Waals surface area contributed by atoms with Crippen molar-refractivity contribution < 1.29 is 13.2 Å². The average molecular weight is 213 g/mol. The fourth-order valence-electron chi connectivity index (χ4n) is 0. The highest BCUT2D eigenvalue weighted by molar-refractivity contribution is 6.58. The molecule has 0 nitrogen and oxygen atoms in total. The largest absolute Gasteiger partial charge is 0.298 e. The van der Waals surface area contributed by atoms with Gasteiger partial charge in [-0.3, -0.25) is 0 Å². The van der Waals surface area contributed by atoms with Crippen LogP contribution in [-0.4, -0.2) is 0 Å². The molecule has 0 saturated carbocycles. The molecule has 0 rings (SSSR count). The Kier molecular flexibility index (Phi) is 11.7. The molecule has 0 amide bonds. The molecule has 0 N–H and O–H groups in total. The van der Waals surface area contributed by atoms with Crippen molar-refractivity contribution in [3.8, 4) is 0 Å². The third-order valence-corrected chi connectivity index (χ3v) is 0.825. The first-order valence-electron chi connectivity index (χ1n) is 1.77. The van der Waals surface area contributed by atoms with Gasteiger partial charge >= 0.3 is 0 Å². The van der Waals surface area contributed by atoms with Crippen molar-refractivity contribution in [2.24, 2.45) is 0 Å². The predicted octanol–water partition coefficient (Wildman–Crippen LogP) is 4.20. The predicted molar refractivity (Wildman–Crippen MR) is 37.0 cm³/mol. The Bertz CT molecular complexity index is 108. The minimum absolute atomic E-state index is 0.0895. The van der Waals surface area contributed by atoms with Crippen LogP contribution in [0.1, 0.15) is 0 Å². The lowest BCUT2D eigenvalue weighted by atomic mass is 11.1. The fourth-order valence-corrected chi connectivity index (χ4v) is 0. The highest BCUT2D eigenvalue weighted by Gasteiger charge is 1.78. The Labute approximate surface area is 70.9 Å². The van der Waals surface area contributed by atoms with Gasteiger partial charge in [0, 0.05) is 5.54 Å². The summed E-state index contributed by atoms with van der Waals surface area (Å²) >= 11 is 14.8. The summed E-state index contributed by atoms with van der Waals surface area (Å²) in [5, 5.41) is 0. The van der Waals surface area contributed by atoms with Crippen molar-refractivity contribution in [2.75, 3.05) is 0 Å². The summed E-state index contributed by atoms with van der Waals surface area (Å²) in [6.45, 7) is 0. The lowest BCUT2D eigenvalue weighted by molar-refractivity contribution is 0.400. The van der Waals surface area contributed by atoms with E-state index in [1.807, 2.05) is 0 Å². The standard InChI is InChI=1S/C2HCl3.C2HF3/c2*3-1-2(4)5/h2*1H. The van der Waals surface area contributed by atoms with Crippen molar-refractivity contribution >= 4 is 34.8 Å². The second kappa shape index (κ2) is 9.14. The van der Waals surface area contributed by atoms with Gasteiger partial charge in [-0.05, 0) is 0 Å². The summed E-state index contributed by atoms with van der Waals surface area (Å²) in [6, 6.07) is 0. The van der Waals surface area contributed by atoms with Crippen LogP contribution < -0.4 is 0 Å². The quantitative estimate of drug-likeness (QED) is 0.566. The van der Waals surface area contributed by atoms with Gasteiger partial charge in [0.25, 0.3) is 6.08 Å². The zero-order chi connectivity index (χ0) is 8.57. The Hall–Kier alpha value is 0.140. The molecular weight excluding hydrogens is 211 g/mol. The van der Waals surface area contributed by atoms with Crippen molar-refractivity contribution in [3.05, 3.63) is 22.4 Å². The first-order chi connectivity index (χ1) is 4.54. The maximum absolute atomic E-state index is 10.2. The van der Waals surface area contributed by atoms with Gasteiger partial charge in [-0.2, -0.15) is 8.78 Å². The van der Waals surface area contributed by atoms with Crippen LogP contribution in [0.15, 0.2) is 22.4 Å². The van der Waals surface area contributed by atoms with Crippen LogP contribution in [0.2, 0.25) is 0 Å². The molecule has 0 fully saturated rings. The number of rotatable bonds is 0. The SMILES string of the molecule is ClC=C(Cl)Cl.FC=C(F)F. The van der Waals surface area contributed by atoms with Gasteiger partial charge in [0.2, 0.25) is 0 Å². The van der Waals surface area contributed by atoms with Crippen molar-refractivity contribution in [3.63, 3.8) is 0 Å². The maximum atomic E-state index is 10.2. The highest BCUT2D eigenvalue weighted by atomic mass is 35.5. The zero-order valence-electron chi connectivity index (χ0n) is 4.42. The fraction of sp³-hybridized carbons (Fsp3) is 0. The molecule has 0 radical (unpaired) electrons. The maximum Gasteiger partial charge on any atom is 0.298 e. The second-order valence-corrected chi connectivity index (χ2v) is 2.02. The molecule has 0 aromatic heterocycles. The van der Waals surface area contributed by atoms with E-state index in [2.05, 4.69) is 0 Å². The van der Waals surface area contributed by atoms with Crippen molar-refractivity contribution in [1.82, 2.24) is 0 Å². The molecule has 10 heavy (non-hydrogen) atoms. The van der Waals surface area contributed by atoms with Crippen LogP contribution >= 0.6 is 34.8 Å². The van der Waals surface area contributed by atoms with E-state index in [0.29, 0.717) is 0 Å². The van der Waals surface area contributed by atoms with Gasteiger partial charge in [-0.25, -0.2) is 4.39 Å². The number of hydrogen-bond acceptors (Lipinski definition) is 0. The first-order valence-corrected chi connectivity index (χ1v) is 2.96. The van der Waals surface area contributed by atoms with E-state index >= 15 is 0 Å². The van der Waals surface area contributed by atoms with Gasteiger partial charge in [0.15, 0.2) is 6.33 Å². The summed E-state index contributed by atoms with van der Waals surface area (Å²) in [7, 11) is 0. The topological polar surface area (TPSA) is 0 Å². The van der Waals surface area contributed by atoms with E-state index in [1.54, 1.807) is 0 Å². The zero-order valence-corrected chi connectivity index (χ0v) is 6.69. The van der Waals surface area contributed by atoms with Gasteiger partial charge in [0.1, 0.15) is 4.49 Å². The molecule has 0 aliphatic heterocycles. The lowest BCUT2D eigenvalue weighted by Gasteiger charge is -1.64. The first kappa shape index (κ1) is 12.8. The van der Waals surface area contributed by atoms with E-state index in [0.717, 1.165) is 5.54 Å². The van der Waals surface area contributed by atoms with Gasteiger partial charge in [0.05, 0.1) is 0 Å². The van der Waals surface area contributed by atoms with Gasteiger partial charge < -0.3 is 0 Å². The molecule has 0 heterocycles. The van der Waals surface area contributed by atoms with Gasteiger partial charge in [-0.1, -0.05) is 34.8 Å². The van der Waals surface area contributed by atoms with E-state index in [4.69, 9.17) is 34.8 Å². The summed E-state index contributed by atoms with van der Waals surface area (Å²) < 4.78 is 30.8. The van der Waals surface area contributed by atoms with Gasteiger partial charge in [-0.15, -0.1) is 0 Å².